The topological polar surface area (TPSA) is 30.3 Å². The van der Waals surface area contributed by atoms with Crippen molar-refractivity contribution in [1.29, 1.82) is 0 Å². The fourth-order valence-corrected chi connectivity index (χ4v) is 3.25. The van der Waals surface area contributed by atoms with Gasteiger partial charge in [-0.05, 0) is 36.2 Å². The SMILES string of the molecule is Cc1ccn2c(C(=O)C[n+]3ccn(C)c3)c(-c3ccccc3)cc2c1.[Cl-]. The smallest absolute Gasteiger partial charge is 0.243 e. The van der Waals surface area contributed by atoms with Crippen LogP contribution in [0.5, 0.6) is 0 Å². The quantitative estimate of drug-likeness (QED) is 0.381. The Labute approximate surface area is 158 Å². The van der Waals surface area contributed by atoms with Crippen molar-refractivity contribution in [3.05, 3.63) is 84.7 Å². The Morgan fingerprint density at radius 2 is 1.85 bits per heavy atom. The van der Waals surface area contributed by atoms with Crippen molar-refractivity contribution in [2.45, 2.75) is 13.5 Å². The molecule has 0 saturated heterocycles. The van der Waals surface area contributed by atoms with Crippen molar-refractivity contribution in [3.8, 4) is 11.1 Å². The minimum Gasteiger partial charge on any atom is -1.00 e. The second-order valence-corrected chi connectivity index (χ2v) is 6.45. The van der Waals surface area contributed by atoms with E-state index < -0.39 is 0 Å². The summed E-state index contributed by atoms with van der Waals surface area (Å²) >= 11 is 0. The van der Waals surface area contributed by atoms with Crippen LogP contribution in [0.4, 0.5) is 0 Å². The van der Waals surface area contributed by atoms with Crippen LogP contribution < -0.4 is 17.0 Å². The van der Waals surface area contributed by atoms with E-state index in [2.05, 4.69) is 19.1 Å². The normalized spacial score (nSPS) is 10.7. The van der Waals surface area contributed by atoms with Gasteiger partial charge in [0.15, 0.2) is 6.54 Å². The van der Waals surface area contributed by atoms with E-state index in [9.17, 15) is 4.79 Å². The van der Waals surface area contributed by atoms with Crippen LogP contribution in [0, 0.1) is 6.92 Å². The van der Waals surface area contributed by atoms with Crippen LogP contribution in [-0.4, -0.2) is 14.8 Å². The second-order valence-electron chi connectivity index (χ2n) is 6.45. The minimum absolute atomic E-state index is 0. The lowest BCUT2D eigenvalue weighted by Crippen LogP contribution is -3.00. The standard InChI is InChI=1S/C21H20N3O.ClH/c1-16-8-9-24-18(12-16)13-19(17-6-4-3-5-7-17)21(24)20(25)14-23-11-10-22(2)15-23;/h3-13,15H,14H2,1-2H3;1H/q+1;/p-1. The van der Waals surface area contributed by atoms with Crippen molar-refractivity contribution in [1.82, 2.24) is 8.97 Å². The number of halogens is 1. The maximum atomic E-state index is 13.1. The van der Waals surface area contributed by atoms with Gasteiger partial charge in [-0.2, -0.15) is 0 Å². The lowest BCUT2D eigenvalue weighted by molar-refractivity contribution is -0.682. The summed E-state index contributed by atoms with van der Waals surface area (Å²) in [6.45, 7) is 2.39. The molecule has 0 saturated carbocycles. The van der Waals surface area contributed by atoms with Crippen LogP contribution in [0.3, 0.4) is 0 Å². The maximum Gasteiger partial charge on any atom is 0.243 e. The summed E-state index contributed by atoms with van der Waals surface area (Å²) in [6, 6.07) is 16.3. The Morgan fingerprint density at radius 3 is 2.54 bits per heavy atom. The first-order chi connectivity index (χ1) is 12.1. The molecular weight excluding hydrogens is 346 g/mol. The van der Waals surface area contributed by atoms with Gasteiger partial charge in [-0.15, -0.1) is 0 Å². The Morgan fingerprint density at radius 1 is 1.08 bits per heavy atom. The highest BCUT2D eigenvalue weighted by molar-refractivity contribution is 6.02. The van der Waals surface area contributed by atoms with Crippen molar-refractivity contribution in [2.24, 2.45) is 7.05 Å². The molecule has 0 atom stereocenters. The molecule has 3 aromatic heterocycles. The molecule has 0 fully saturated rings. The Balaban J connectivity index is 0.00000196. The molecule has 5 heteroatoms. The van der Waals surface area contributed by atoms with E-state index >= 15 is 0 Å². The van der Waals surface area contributed by atoms with Gasteiger partial charge in [0, 0.05) is 17.3 Å². The van der Waals surface area contributed by atoms with Crippen molar-refractivity contribution < 1.29 is 21.8 Å². The van der Waals surface area contributed by atoms with Gasteiger partial charge in [-0.3, -0.25) is 4.79 Å². The molecule has 4 nitrogen and oxygen atoms in total. The Kier molecular flexibility index (Phi) is 4.96. The molecule has 0 radical (unpaired) electrons. The van der Waals surface area contributed by atoms with Crippen LogP contribution in [-0.2, 0) is 13.6 Å². The van der Waals surface area contributed by atoms with E-state index in [1.54, 1.807) is 0 Å². The van der Waals surface area contributed by atoms with Crippen LogP contribution in [0.25, 0.3) is 16.6 Å². The van der Waals surface area contributed by atoms with Crippen LogP contribution in [0.15, 0.2) is 73.4 Å². The number of aromatic nitrogens is 3. The van der Waals surface area contributed by atoms with Crippen LogP contribution in [0.1, 0.15) is 16.1 Å². The van der Waals surface area contributed by atoms with E-state index in [0.29, 0.717) is 6.54 Å². The molecule has 0 aliphatic rings. The number of rotatable bonds is 4. The average Bonchev–Trinajstić information content (AvgIpc) is 3.18. The highest BCUT2D eigenvalue weighted by Crippen LogP contribution is 2.28. The summed E-state index contributed by atoms with van der Waals surface area (Å²) < 4.78 is 5.84. The number of carbonyl (C=O) groups excluding carboxylic acids is 1. The molecule has 26 heavy (non-hydrogen) atoms. The average molecular weight is 366 g/mol. The van der Waals surface area contributed by atoms with Crippen molar-refractivity contribution in [3.63, 3.8) is 0 Å². The first-order valence-corrected chi connectivity index (χ1v) is 8.33. The van der Waals surface area contributed by atoms with Crippen LogP contribution >= 0.6 is 0 Å². The second kappa shape index (κ2) is 7.18. The number of ketones is 1. The summed E-state index contributed by atoms with van der Waals surface area (Å²) in [4.78, 5) is 13.1. The van der Waals surface area contributed by atoms with E-state index in [1.807, 2.05) is 81.9 Å². The largest absolute Gasteiger partial charge is 1.00 e. The van der Waals surface area contributed by atoms with Gasteiger partial charge < -0.3 is 16.8 Å². The molecule has 0 aliphatic heterocycles. The summed E-state index contributed by atoms with van der Waals surface area (Å²) in [5, 5.41) is 0. The number of aryl methyl sites for hydroxylation is 2. The Hall–Kier alpha value is -2.85. The van der Waals surface area contributed by atoms with E-state index in [1.165, 1.54) is 5.56 Å². The fraction of sp³-hybridized carbons (Fsp3) is 0.143. The monoisotopic (exact) mass is 365 g/mol. The first-order valence-electron chi connectivity index (χ1n) is 8.33. The van der Waals surface area contributed by atoms with E-state index in [4.69, 9.17) is 0 Å². The highest BCUT2D eigenvalue weighted by Gasteiger charge is 2.21. The predicted octanol–water partition coefficient (Wildman–Crippen LogP) is 0.428. The summed E-state index contributed by atoms with van der Waals surface area (Å²) in [7, 11) is 1.95. The van der Waals surface area contributed by atoms with Crippen molar-refractivity contribution >= 4 is 11.3 Å². The fourth-order valence-electron chi connectivity index (χ4n) is 3.25. The number of imidazole rings is 1. The van der Waals surface area contributed by atoms with Gasteiger partial charge in [-0.25, -0.2) is 9.13 Å². The van der Waals surface area contributed by atoms with Gasteiger partial charge >= 0.3 is 0 Å². The van der Waals surface area contributed by atoms with E-state index in [-0.39, 0.29) is 18.2 Å². The van der Waals surface area contributed by atoms with Gasteiger partial charge in [0.05, 0.1) is 7.05 Å². The van der Waals surface area contributed by atoms with Gasteiger partial charge in [-0.1, -0.05) is 30.3 Å². The molecule has 4 rings (SSSR count). The molecule has 0 bridgehead atoms. The Bertz CT molecular complexity index is 1060. The number of pyridine rings is 1. The number of fused-ring (bicyclic) bond motifs is 1. The number of hydrogen-bond acceptors (Lipinski definition) is 1. The summed E-state index contributed by atoms with van der Waals surface area (Å²) in [6.07, 6.45) is 7.76. The third-order valence-electron chi connectivity index (χ3n) is 4.43. The summed E-state index contributed by atoms with van der Waals surface area (Å²) in [5.41, 5.74) is 5.00. The van der Waals surface area contributed by atoms with E-state index in [0.717, 1.165) is 22.3 Å². The molecule has 0 amide bonds. The summed E-state index contributed by atoms with van der Waals surface area (Å²) in [5.74, 6) is 0.0962. The maximum absolute atomic E-state index is 13.1. The molecule has 4 aromatic rings. The van der Waals surface area contributed by atoms with Gasteiger partial charge in [0.25, 0.3) is 0 Å². The third-order valence-corrected chi connectivity index (χ3v) is 4.43. The number of benzene rings is 1. The van der Waals surface area contributed by atoms with Crippen LogP contribution in [0.2, 0.25) is 0 Å². The molecule has 3 heterocycles. The van der Waals surface area contributed by atoms with Crippen molar-refractivity contribution in [2.75, 3.05) is 0 Å². The zero-order chi connectivity index (χ0) is 17.4. The number of carbonyl (C=O) groups is 1. The first kappa shape index (κ1) is 18.0. The zero-order valence-electron chi connectivity index (χ0n) is 14.8. The zero-order valence-corrected chi connectivity index (χ0v) is 15.5. The number of hydrogen-bond donors (Lipinski definition) is 0. The third kappa shape index (κ3) is 3.28. The number of Topliss-reactive ketones (excluding diaryl/α,β-unsaturated/α-hetero) is 1. The lowest BCUT2D eigenvalue weighted by atomic mass is 10.0. The molecule has 0 N–H and O–H groups in total. The molecule has 0 aliphatic carbocycles. The molecule has 1 aromatic carbocycles. The molecular formula is C21H20ClN3O. The molecule has 132 valence electrons. The number of nitrogens with zero attached hydrogens (tertiary/aromatic N) is 3. The minimum atomic E-state index is 0. The lowest BCUT2D eigenvalue weighted by Gasteiger charge is -2.06. The molecule has 0 spiro atoms. The van der Waals surface area contributed by atoms with Gasteiger partial charge in [0.1, 0.15) is 18.1 Å². The predicted molar refractivity (Wildman–Crippen MR) is 97.5 cm³/mol. The highest BCUT2D eigenvalue weighted by atomic mass is 35.5. The molecule has 0 unspecified atom stereocenters. The van der Waals surface area contributed by atoms with Gasteiger partial charge in [0.2, 0.25) is 12.1 Å².